The largest absolute Gasteiger partial charge is 0.344 e. The van der Waals surface area contributed by atoms with Crippen LogP contribution in [0.15, 0.2) is 18.5 Å². The summed E-state index contributed by atoms with van der Waals surface area (Å²) < 4.78 is 13.6. The third-order valence-corrected chi connectivity index (χ3v) is 3.90. The molecule has 20 heavy (non-hydrogen) atoms. The minimum Gasteiger partial charge on any atom is -0.344 e. The summed E-state index contributed by atoms with van der Waals surface area (Å²) in [7, 11) is 1.78. The number of carbonyl (C=O) groups excluding carboxylic acids is 1. The molecule has 6 heteroatoms. The van der Waals surface area contributed by atoms with E-state index in [1.54, 1.807) is 11.9 Å². The van der Waals surface area contributed by atoms with Gasteiger partial charge < -0.3 is 15.2 Å². The van der Waals surface area contributed by atoms with E-state index in [4.69, 9.17) is 0 Å². The van der Waals surface area contributed by atoms with Gasteiger partial charge in [0.15, 0.2) is 0 Å². The Bertz CT molecular complexity index is 633. The third-order valence-electron chi connectivity index (χ3n) is 3.90. The molecule has 0 unspecified atom stereocenters. The summed E-state index contributed by atoms with van der Waals surface area (Å²) in [6, 6.07) is 2.81. The zero-order valence-corrected chi connectivity index (χ0v) is 11.3. The molecule has 3 rings (SSSR count). The van der Waals surface area contributed by atoms with Crippen LogP contribution in [-0.2, 0) is 0 Å². The molecular weight excluding hydrogens is 259 g/mol. The zero-order valence-electron chi connectivity index (χ0n) is 11.3. The number of hydrogen-bond acceptors (Lipinski definition) is 3. The van der Waals surface area contributed by atoms with Crippen LogP contribution in [0.5, 0.6) is 0 Å². The highest BCUT2D eigenvalue weighted by Crippen LogP contribution is 2.21. The number of nitrogens with zero attached hydrogens (tertiary/aromatic N) is 2. The number of amides is 1. The molecule has 1 aliphatic heterocycles. The Kier molecular flexibility index (Phi) is 3.40. The molecule has 2 heterocycles. The van der Waals surface area contributed by atoms with E-state index in [1.807, 2.05) is 0 Å². The fourth-order valence-electron chi connectivity index (χ4n) is 2.73. The topological polar surface area (TPSA) is 61.0 Å². The molecule has 1 fully saturated rings. The van der Waals surface area contributed by atoms with Crippen LogP contribution < -0.4 is 5.32 Å². The Labute approximate surface area is 116 Å². The lowest BCUT2D eigenvalue weighted by molar-refractivity contribution is 0.0704. The highest BCUT2D eigenvalue weighted by molar-refractivity contribution is 6.04. The van der Waals surface area contributed by atoms with Crippen molar-refractivity contribution < 1.29 is 9.18 Å². The van der Waals surface area contributed by atoms with E-state index in [0.29, 0.717) is 16.6 Å². The summed E-state index contributed by atoms with van der Waals surface area (Å²) in [6.45, 7) is 1.81. The predicted molar refractivity (Wildman–Crippen MR) is 74.0 cm³/mol. The van der Waals surface area contributed by atoms with E-state index in [9.17, 15) is 9.18 Å². The number of imidazole rings is 1. The fourth-order valence-corrected chi connectivity index (χ4v) is 2.73. The first kappa shape index (κ1) is 13.1. The van der Waals surface area contributed by atoms with Crippen LogP contribution in [0.4, 0.5) is 4.39 Å². The molecule has 1 aliphatic rings. The number of rotatable bonds is 2. The van der Waals surface area contributed by atoms with E-state index in [-0.39, 0.29) is 11.9 Å². The number of piperidine rings is 1. The van der Waals surface area contributed by atoms with Crippen molar-refractivity contribution in [3.05, 3.63) is 29.8 Å². The van der Waals surface area contributed by atoms with Crippen LogP contribution in [0.1, 0.15) is 23.2 Å². The zero-order chi connectivity index (χ0) is 14.1. The Hall–Kier alpha value is -1.95. The van der Waals surface area contributed by atoms with Crippen LogP contribution in [-0.4, -0.2) is 47.0 Å². The molecule has 1 amide bonds. The van der Waals surface area contributed by atoms with Crippen molar-refractivity contribution in [2.75, 3.05) is 20.1 Å². The Morgan fingerprint density at radius 3 is 2.90 bits per heavy atom. The van der Waals surface area contributed by atoms with Gasteiger partial charge in [-0.3, -0.25) is 4.79 Å². The number of benzene rings is 1. The molecule has 1 aromatic carbocycles. The number of nitrogens with one attached hydrogen (secondary N) is 2. The summed E-state index contributed by atoms with van der Waals surface area (Å²) >= 11 is 0. The fraction of sp³-hybridized carbons (Fsp3) is 0.429. The second-order valence-electron chi connectivity index (χ2n) is 5.15. The average Bonchev–Trinajstić information content (AvgIpc) is 2.94. The van der Waals surface area contributed by atoms with Gasteiger partial charge in [-0.25, -0.2) is 9.37 Å². The lowest BCUT2D eigenvalue weighted by Crippen LogP contribution is -2.44. The first-order chi connectivity index (χ1) is 9.66. The van der Waals surface area contributed by atoms with Gasteiger partial charge in [0.2, 0.25) is 0 Å². The molecule has 2 aromatic rings. The van der Waals surface area contributed by atoms with Gasteiger partial charge in [-0.2, -0.15) is 0 Å². The maximum atomic E-state index is 13.6. The Morgan fingerprint density at radius 1 is 1.40 bits per heavy atom. The van der Waals surface area contributed by atoms with Gasteiger partial charge in [-0.1, -0.05) is 0 Å². The van der Waals surface area contributed by atoms with Crippen molar-refractivity contribution >= 4 is 16.9 Å². The standard InChI is InChI=1S/C14H17FN4O/c1-19(10-2-4-16-5-3-10)14(20)11-6-9(15)7-12-13(11)18-8-17-12/h6-8,10,16H,2-5H2,1H3,(H,17,18). The van der Waals surface area contributed by atoms with Gasteiger partial charge in [0.25, 0.3) is 5.91 Å². The Balaban J connectivity index is 1.93. The molecule has 0 bridgehead atoms. The summed E-state index contributed by atoms with van der Waals surface area (Å²) in [5.74, 6) is -0.600. The molecule has 5 nitrogen and oxygen atoms in total. The molecule has 0 atom stereocenters. The number of aromatic nitrogens is 2. The number of aromatic amines is 1. The van der Waals surface area contributed by atoms with Crippen molar-refractivity contribution in [1.82, 2.24) is 20.2 Å². The number of H-pyrrole nitrogens is 1. The van der Waals surface area contributed by atoms with Crippen LogP contribution in [0.2, 0.25) is 0 Å². The van der Waals surface area contributed by atoms with E-state index >= 15 is 0 Å². The van der Waals surface area contributed by atoms with E-state index in [0.717, 1.165) is 25.9 Å². The molecule has 0 radical (unpaired) electrons. The summed E-state index contributed by atoms with van der Waals surface area (Å²) in [5.41, 5.74) is 1.39. The predicted octanol–water partition coefficient (Wildman–Crippen LogP) is 1.53. The van der Waals surface area contributed by atoms with Crippen LogP contribution in [0.25, 0.3) is 11.0 Å². The first-order valence-electron chi connectivity index (χ1n) is 6.77. The maximum absolute atomic E-state index is 13.6. The van der Waals surface area contributed by atoms with Crippen molar-refractivity contribution in [2.45, 2.75) is 18.9 Å². The maximum Gasteiger partial charge on any atom is 0.256 e. The highest BCUT2D eigenvalue weighted by atomic mass is 19.1. The highest BCUT2D eigenvalue weighted by Gasteiger charge is 2.25. The van der Waals surface area contributed by atoms with Gasteiger partial charge in [0.05, 0.1) is 17.4 Å². The van der Waals surface area contributed by atoms with Gasteiger partial charge in [0, 0.05) is 13.1 Å². The van der Waals surface area contributed by atoms with E-state index in [1.165, 1.54) is 18.5 Å². The summed E-state index contributed by atoms with van der Waals surface area (Å²) in [4.78, 5) is 21.3. The minimum absolute atomic E-state index is 0.173. The quantitative estimate of drug-likeness (QED) is 0.874. The molecule has 0 saturated carbocycles. The van der Waals surface area contributed by atoms with Crippen molar-refractivity contribution in [2.24, 2.45) is 0 Å². The molecule has 1 aromatic heterocycles. The van der Waals surface area contributed by atoms with Gasteiger partial charge in [0.1, 0.15) is 11.3 Å². The summed E-state index contributed by atoms with van der Waals surface area (Å²) in [6.07, 6.45) is 3.31. The van der Waals surface area contributed by atoms with Crippen LogP contribution in [0.3, 0.4) is 0 Å². The lowest BCUT2D eigenvalue weighted by atomic mass is 10.0. The third kappa shape index (κ3) is 2.27. The molecule has 1 saturated heterocycles. The lowest BCUT2D eigenvalue weighted by Gasteiger charge is -2.31. The van der Waals surface area contributed by atoms with Crippen LogP contribution >= 0.6 is 0 Å². The second kappa shape index (κ2) is 5.20. The van der Waals surface area contributed by atoms with Crippen LogP contribution in [0, 0.1) is 5.82 Å². The Morgan fingerprint density at radius 2 is 2.15 bits per heavy atom. The number of carbonyl (C=O) groups is 1. The SMILES string of the molecule is CN(C(=O)c1cc(F)cc2[nH]cnc12)C1CCNCC1. The molecular formula is C14H17FN4O. The summed E-state index contributed by atoms with van der Waals surface area (Å²) in [5, 5.41) is 3.27. The van der Waals surface area contributed by atoms with Gasteiger partial charge in [-0.05, 0) is 38.1 Å². The van der Waals surface area contributed by atoms with Crippen molar-refractivity contribution in [1.29, 1.82) is 0 Å². The minimum atomic E-state index is -0.427. The molecule has 2 N–H and O–H groups in total. The molecule has 0 spiro atoms. The second-order valence-corrected chi connectivity index (χ2v) is 5.15. The van der Waals surface area contributed by atoms with Gasteiger partial charge in [-0.15, -0.1) is 0 Å². The van der Waals surface area contributed by atoms with Crippen molar-refractivity contribution in [3.8, 4) is 0 Å². The number of fused-ring (bicyclic) bond motifs is 1. The van der Waals surface area contributed by atoms with E-state index < -0.39 is 5.82 Å². The molecule has 106 valence electrons. The number of hydrogen-bond donors (Lipinski definition) is 2. The van der Waals surface area contributed by atoms with Crippen molar-refractivity contribution in [3.63, 3.8) is 0 Å². The normalized spacial score (nSPS) is 16.5. The van der Waals surface area contributed by atoms with Gasteiger partial charge >= 0.3 is 0 Å². The first-order valence-corrected chi connectivity index (χ1v) is 6.77. The average molecular weight is 276 g/mol. The van der Waals surface area contributed by atoms with E-state index in [2.05, 4.69) is 15.3 Å². The number of halogens is 1. The smallest absolute Gasteiger partial charge is 0.256 e. The molecule has 0 aliphatic carbocycles. The monoisotopic (exact) mass is 276 g/mol.